The smallest absolute Gasteiger partial charge is 0.262 e. The fraction of sp³-hybridized carbons (Fsp3) is 0.176. The number of rotatable bonds is 6. The van der Waals surface area contributed by atoms with E-state index < -0.39 is 0 Å². The maximum atomic E-state index is 12.1. The predicted octanol–water partition coefficient (Wildman–Crippen LogP) is 3.59. The van der Waals surface area contributed by atoms with Crippen molar-refractivity contribution in [3.05, 3.63) is 52.0 Å². The molecule has 0 atom stereocenters. The van der Waals surface area contributed by atoms with Gasteiger partial charge in [0, 0.05) is 11.3 Å². The van der Waals surface area contributed by atoms with E-state index in [2.05, 4.69) is 26.4 Å². The zero-order chi connectivity index (χ0) is 17.5. The third-order valence-corrected chi connectivity index (χ3v) is 3.81. The standard InChI is InChI=1S/C17H17BrN2O4/c1-11-5-3-4-6-14(11)20-16(21)10-24-17-13(18)7-12(9-19-22)8-15(17)23-2/h3-9,22H,10H2,1-2H3,(H,20,21)/b19-9+. The molecule has 0 radical (unpaired) electrons. The van der Waals surface area contributed by atoms with Crippen molar-refractivity contribution >= 4 is 33.7 Å². The lowest BCUT2D eigenvalue weighted by Crippen LogP contribution is -2.21. The van der Waals surface area contributed by atoms with Gasteiger partial charge >= 0.3 is 0 Å². The first-order chi connectivity index (χ1) is 11.5. The van der Waals surface area contributed by atoms with Crippen LogP contribution in [0.15, 0.2) is 46.0 Å². The van der Waals surface area contributed by atoms with Crippen LogP contribution >= 0.6 is 15.9 Å². The third kappa shape index (κ3) is 4.48. The SMILES string of the molecule is COc1cc(/C=N/O)cc(Br)c1OCC(=O)Nc1ccccc1C. The molecule has 126 valence electrons. The summed E-state index contributed by atoms with van der Waals surface area (Å²) >= 11 is 3.36. The lowest BCUT2D eigenvalue weighted by Gasteiger charge is -2.14. The molecule has 0 unspecified atom stereocenters. The molecule has 0 heterocycles. The Kier molecular flexibility index (Phi) is 6.20. The Labute approximate surface area is 148 Å². The number of carbonyl (C=O) groups excluding carboxylic acids is 1. The molecule has 2 aromatic rings. The lowest BCUT2D eigenvalue weighted by molar-refractivity contribution is -0.118. The van der Waals surface area contributed by atoms with Crippen molar-refractivity contribution in [3.8, 4) is 11.5 Å². The average Bonchev–Trinajstić information content (AvgIpc) is 2.56. The summed E-state index contributed by atoms with van der Waals surface area (Å²) in [6.07, 6.45) is 1.27. The van der Waals surface area contributed by atoms with Crippen molar-refractivity contribution in [3.63, 3.8) is 0 Å². The van der Waals surface area contributed by atoms with Crippen molar-refractivity contribution in [2.45, 2.75) is 6.92 Å². The number of carbonyl (C=O) groups is 1. The largest absolute Gasteiger partial charge is 0.493 e. The summed E-state index contributed by atoms with van der Waals surface area (Å²) in [5.41, 5.74) is 2.34. The molecule has 2 rings (SSSR count). The Bertz CT molecular complexity index is 762. The maximum Gasteiger partial charge on any atom is 0.262 e. The van der Waals surface area contributed by atoms with E-state index in [9.17, 15) is 4.79 Å². The van der Waals surface area contributed by atoms with Crippen molar-refractivity contribution < 1.29 is 19.5 Å². The molecular weight excluding hydrogens is 376 g/mol. The van der Waals surface area contributed by atoms with E-state index in [1.54, 1.807) is 12.1 Å². The molecule has 0 saturated carbocycles. The highest BCUT2D eigenvalue weighted by molar-refractivity contribution is 9.10. The van der Waals surface area contributed by atoms with E-state index in [4.69, 9.17) is 14.7 Å². The van der Waals surface area contributed by atoms with E-state index in [0.717, 1.165) is 11.3 Å². The fourth-order valence-corrected chi connectivity index (χ4v) is 2.63. The van der Waals surface area contributed by atoms with Crippen LogP contribution in [0, 0.1) is 6.92 Å². The number of amides is 1. The Morgan fingerprint density at radius 3 is 2.79 bits per heavy atom. The summed E-state index contributed by atoms with van der Waals surface area (Å²) < 4.78 is 11.4. The second-order valence-electron chi connectivity index (χ2n) is 4.93. The van der Waals surface area contributed by atoms with Gasteiger partial charge in [-0.15, -0.1) is 0 Å². The van der Waals surface area contributed by atoms with Gasteiger partial charge in [-0.1, -0.05) is 23.4 Å². The average molecular weight is 393 g/mol. The number of benzene rings is 2. The molecule has 1 amide bonds. The molecule has 0 bridgehead atoms. The minimum atomic E-state index is -0.278. The first kappa shape index (κ1) is 17.8. The van der Waals surface area contributed by atoms with Gasteiger partial charge in [0.15, 0.2) is 18.1 Å². The molecule has 0 fully saturated rings. The summed E-state index contributed by atoms with van der Waals surface area (Å²) in [5, 5.41) is 14.4. The van der Waals surface area contributed by atoms with Crippen molar-refractivity contribution in [2.75, 3.05) is 19.0 Å². The number of oxime groups is 1. The predicted molar refractivity (Wildman–Crippen MR) is 95.4 cm³/mol. The van der Waals surface area contributed by atoms with Crippen LogP contribution < -0.4 is 14.8 Å². The number of aryl methyl sites for hydroxylation is 1. The lowest BCUT2D eigenvalue weighted by atomic mass is 10.2. The van der Waals surface area contributed by atoms with Crippen molar-refractivity contribution in [2.24, 2.45) is 5.16 Å². The molecule has 0 aliphatic rings. The number of halogens is 1. The van der Waals surface area contributed by atoms with Gasteiger partial charge in [-0.3, -0.25) is 4.79 Å². The van der Waals surface area contributed by atoms with Crippen LogP contribution in [-0.4, -0.2) is 31.0 Å². The highest BCUT2D eigenvalue weighted by Crippen LogP contribution is 2.36. The van der Waals surface area contributed by atoms with Gasteiger partial charge in [-0.05, 0) is 46.6 Å². The second kappa shape index (κ2) is 8.35. The Morgan fingerprint density at radius 2 is 2.12 bits per heavy atom. The summed E-state index contributed by atoms with van der Waals surface area (Å²) in [6, 6.07) is 10.8. The topological polar surface area (TPSA) is 80.2 Å². The third-order valence-electron chi connectivity index (χ3n) is 3.23. The van der Waals surface area contributed by atoms with Gasteiger partial charge in [-0.2, -0.15) is 0 Å². The number of hydrogen-bond acceptors (Lipinski definition) is 5. The number of hydrogen-bond donors (Lipinski definition) is 2. The minimum Gasteiger partial charge on any atom is -0.493 e. The molecule has 0 aliphatic heterocycles. The van der Waals surface area contributed by atoms with Gasteiger partial charge in [0.1, 0.15) is 0 Å². The van der Waals surface area contributed by atoms with Crippen molar-refractivity contribution in [1.82, 2.24) is 0 Å². The number of methoxy groups -OCH3 is 1. The minimum absolute atomic E-state index is 0.170. The van der Waals surface area contributed by atoms with E-state index in [-0.39, 0.29) is 12.5 Å². The van der Waals surface area contributed by atoms with Crippen LogP contribution in [0.4, 0.5) is 5.69 Å². The van der Waals surface area contributed by atoms with Crippen LogP contribution in [0.25, 0.3) is 0 Å². The molecule has 0 spiro atoms. The van der Waals surface area contributed by atoms with Crippen molar-refractivity contribution in [1.29, 1.82) is 0 Å². The summed E-state index contributed by atoms with van der Waals surface area (Å²) in [4.78, 5) is 12.1. The van der Waals surface area contributed by atoms with Crippen LogP contribution in [0.2, 0.25) is 0 Å². The summed E-state index contributed by atoms with van der Waals surface area (Å²) in [7, 11) is 1.49. The van der Waals surface area contributed by atoms with Crippen LogP contribution in [0.1, 0.15) is 11.1 Å². The molecular formula is C17H17BrN2O4. The first-order valence-electron chi connectivity index (χ1n) is 7.08. The second-order valence-corrected chi connectivity index (χ2v) is 5.78. The number of ether oxygens (including phenoxy) is 2. The quantitative estimate of drug-likeness (QED) is 0.447. The van der Waals surface area contributed by atoms with Crippen LogP contribution in [0.5, 0.6) is 11.5 Å². The molecule has 7 heteroatoms. The van der Waals surface area contributed by atoms with E-state index in [0.29, 0.717) is 21.5 Å². The molecule has 2 aromatic carbocycles. The monoisotopic (exact) mass is 392 g/mol. The Morgan fingerprint density at radius 1 is 1.38 bits per heavy atom. The number of anilines is 1. The molecule has 0 aliphatic carbocycles. The maximum absolute atomic E-state index is 12.1. The molecule has 0 saturated heterocycles. The number of nitrogens with zero attached hydrogens (tertiary/aromatic N) is 1. The van der Waals surface area contributed by atoms with Crippen LogP contribution in [0.3, 0.4) is 0 Å². The van der Waals surface area contributed by atoms with E-state index >= 15 is 0 Å². The van der Waals surface area contributed by atoms with Crippen LogP contribution in [-0.2, 0) is 4.79 Å². The highest BCUT2D eigenvalue weighted by Gasteiger charge is 2.13. The zero-order valence-corrected chi connectivity index (χ0v) is 14.8. The molecule has 0 aromatic heterocycles. The molecule has 24 heavy (non-hydrogen) atoms. The first-order valence-corrected chi connectivity index (χ1v) is 7.87. The molecule has 6 nitrogen and oxygen atoms in total. The van der Waals surface area contributed by atoms with Gasteiger partial charge in [-0.25, -0.2) is 0 Å². The van der Waals surface area contributed by atoms with E-state index in [1.807, 2.05) is 31.2 Å². The van der Waals surface area contributed by atoms with Gasteiger partial charge < -0.3 is 20.0 Å². The highest BCUT2D eigenvalue weighted by atomic mass is 79.9. The number of nitrogens with one attached hydrogen (secondary N) is 1. The van der Waals surface area contributed by atoms with Gasteiger partial charge in [0.05, 0.1) is 17.8 Å². The van der Waals surface area contributed by atoms with E-state index in [1.165, 1.54) is 13.3 Å². The molecule has 2 N–H and O–H groups in total. The normalized spacial score (nSPS) is 10.6. The fourth-order valence-electron chi connectivity index (χ4n) is 2.06. The number of para-hydroxylation sites is 1. The summed E-state index contributed by atoms with van der Waals surface area (Å²) in [5.74, 6) is 0.537. The zero-order valence-electron chi connectivity index (χ0n) is 13.2. The van der Waals surface area contributed by atoms with Gasteiger partial charge in [0.2, 0.25) is 0 Å². The summed E-state index contributed by atoms with van der Waals surface area (Å²) in [6.45, 7) is 1.74. The Balaban J connectivity index is 2.08. The Hall–Kier alpha value is -2.54. The van der Waals surface area contributed by atoms with Gasteiger partial charge in [0.25, 0.3) is 5.91 Å².